The second-order valence-corrected chi connectivity index (χ2v) is 5.97. The van der Waals surface area contributed by atoms with Gasteiger partial charge in [0.25, 0.3) is 0 Å². The Kier molecular flexibility index (Phi) is 5.89. The van der Waals surface area contributed by atoms with Gasteiger partial charge in [-0.25, -0.2) is 0 Å². The smallest absolute Gasteiger partial charge is 0.334 e. The van der Waals surface area contributed by atoms with Crippen molar-refractivity contribution in [1.82, 2.24) is 0 Å². The average molecular weight is 300 g/mol. The Labute approximate surface area is 126 Å². The third-order valence-corrected chi connectivity index (χ3v) is 3.50. The fourth-order valence-electron chi connectivity index (χ4n) is 1.21. The van der Waals surface area contributed by atoms with E-state index in [1.54, 1.807) is 46.6 Å². The van der Waals surface area contributed by atoms with Crippen LogP contribution in [0.15, 0.2) is 18.2 Å². The van der Waals surface area contributed by atoms with Crippen molar-refractivity contribution in [3.8, 4) is 5.75 Å². The van der Waals surface area contributed by atoms with Gasteiger partial charge in [0.15, 0.2) is 6.79 Å². The van der Waals surface area contributed by atoms with Crippen LogP contribution >= 0.6 is 11.6 Å². The number of hydrogen-bond acceptors (Lipinski definition) is 4. The van der Waals surface area contributed by atoms with Crippen LogP contribution in [0.25, 0.3) is 0 Å². The van der Waals surface area contributed by atoms with Crippen molar-refractivity contribution in [3.05, 3.63) is 23.2 Å². The average Bonchev–Trinajstić information content (AvgIpc) is 2.33. The van der Waals surface area contributed by atoms with Crippen molar-refractivity contribution < 1.29 is 19.2 Å². The van der Waals surface area contributed by atoms with Crippen LogP contribution < -0.4 is 10.2 Å². The van der Waals surface area contributed by atoms with Crippen LogP contribution in [0, 0.1) is 0 Å². The molecule has 1 rings (SSSR count). The second-order valence-electron chi connectivity index (χ2n) is 5.54. The highest BCUT2D eigenvalue weighted by Gasteiger charge is 2.35. The van der Waals surface area contributed by atoms with Crippen LogP contribution in [0.3, 0.4) is 0 Å². The van der Waals surface area contributed by atoms with Gasteiger partial charge in [0.05, 0.1) is 11.2 Å². The minimum absolute atomic E-state index is 0.121. The van der Waals surface area contributed by atoms with E-state index in [1.165, 1.54) is 0 Å². The monoisotopic (exact) mass is 299 g/mol. The summed E-state index contributed by atoms with van der Waals surface area (Å²) in [5, 5.41) is 10.6. The Morgan fingerprint density at radius 2 is 1.90 bits per heavy atom. The van der Waals surface area contributed by atoms with Crippen molar-refractivity contribution in [2.75, 3.05) is 13.9 Å². The third kappa shape index (κ3) is 4.67. The van der Waals surface area contributed by atoms with Gasteiger partial charge in [-0.3, -0.25) is 0 Å². The van der Waals surface area contributed by atoms with E-state index in [0.717, 1.165) is 5.46 Å². The predicted octanol–water partition coefficient (Wildman–Crippen LogP) is 2.13. The number of ether oxygens (including phenoxy) is 2. The summed E-state index contributed by atoms with van der Waals surface area (Å²) in [5.74, 6) is 0.561. The number of halogens is 1. The Morgan fingerprint density at radius 3 is 2.45 bits per heavy atom. The van der Waals surface area contributed by atoms with Gasteiger partial charge in [-0.1, -0.05) is 17.7 Å². The van der Waals surface area contributed by atoms with E-state index in [9.17, 15) is 5.11 Å². The molecule has 1 aromatic rings. The molecule has 111 valence electrons. The first-order valence-corrected chi connectivity index (χ1v) is 6.70. The van der Waals surface area contributed by atoms with Gasteiger partial charge in [-0.2, -0.15) is 0 Å². The van der Waals surface area contributed by atoms with Crippen LogP contribution in [-0.4, -0.2) is 37.7 Å². The molecule has 0 spiro atoms. The first kappa shape index (κ1) is 17.3. The Hall–Kier alpha value is -0.745. The zero-order chi connectivity index (χ0) is 15.4. The maximum Gasteiger partial charge on any atom is 0.334 e. The molecule has 4 nitrogen and oxygen atoms in total. The van der Waals surface area contributed by atoms with Crippen LogP contribution in [0.5, 0.6) is 5.75 Å². The van der Waals surface area contributed by atoms with E-state index in [2.05, 4.69) is 0 Å². The molecular weight excluding hydrogens is 278 g/mol. The molecule has 0 aliphatic heterocycles. The molecule has 0 unspecified atom stereocenters. The van der Waals surface area contributed by atoms with Crippen LogP contribution in [0.4, 0.5) is 0 Å². The molecule has 0 bridgehead atoms. The molecule has 0 aliphatic rings. The molecule has 20 heavy (non-hydrogen) atoms. The van der Waals surface area contributed by atoms with Gasteiger partial charge < -0.3 is 19.2 Å². The maximum atomic E-state index is 10.1. The lowest BCUT2D eigenvalue weighted by atomic mass is 9.82. The van der Waals surface area contributed by atoms with Crippen molar-refractivity contribution >= 4 is 24.5 Å². The molecule has 1 aromatic carbocycles. The SMILES string of the molecule is COCOc1cc(Cl)ccc1[B]OC(C)(C)C(C)(C)O. The van der Waals surface area contributed by atoms with E-state index >= 15 is 0 Å². The minimum atomic E-state index is -0.983. The quantitative estimate of drug-likeness (QED) is 0.619. The van der Waals surface area contributed by atoms with Gasteiger partial charge in [0.2, 0.25) is 0 Å². The summed E-state index contributed by atoms with van der Waals surface area (Å²) >= 11 is 5.94. The molecule has 0 heterocycles. The summed E-state index contributed by atoms with van der Waals surface area (Å²) in [6.07, 6.45) is 0. The summed E-state index contributed by atoms with van der Waals surface area (Å²) < 4.78 is 16.0. The molecule has 0 amide bonds. The van der Waals surface area contributed by atoms with Crippen molar-refractivity contribution in [1.29, 1.82) is 0 Å². The molecule has 1 N–H and O–H groups in total. The van der Waals surface area contributed by atoms with E-state index in [1.807, 2.05) is 13.8 Å². The normalized spacial score (nSPS) is 12.3. The summed E-state index contributed by atoms with van der Waals surface area (Å²) in [6.45, 7) is 7.15. The molecule has 0 saturated carbocycles. The number of methoxy groups -OCH3 is 1. The van der Waals surface area contributed by atoms with Gasteiger partial charge in [-0.05, 0) is 45.3 Å². The highest BCUT2D eigenvalue weighted by molar-refractivity contribution is 6.48. The minimum Gasteiger partial charge on any atom is -0.468 e. The topological polar surface area (TPSA) is 47.9 Å². The molecule has 0 saturated heterocycles. The van der Waals surface area contributed by atoms with E-state index in [4.69, 9.17) is 25.7 Å². The molecule has 0 aromatic heterocycles. The molecule has 6 heteroatoms. The first-order valence-electron chi connectivity index (χ1n) is 6.32. The number of benzene rings is 1. The fourth-order valence-corrected chi connectivity index (χ4v) is 1.37. The maximum absolute atomic E-state index is 10.1. The molecule has 0 fully saturated rings. The third-order valence-electron chi connectivity index (χ3n) is 3.26. The number of hydrogen-bond donors (Lipinski definition) is 1. The molecule has 0 aliphatic carbocycles. The zero-order valence-electron chi connectivity index (χ0n) is 12.6. The largest absolute Gasteiger partial charge is 0.468 e. The van der Waals surface area contributed by atoms with Gasteiger partial charge >= 0.3 is 7.48 Å². The Morgan fingerprint density at radius 1 is 1.25 bits per heavy atom. The van der Waals surface area contributed by atoms with E-state index in [-0.39, 0.29) is 6.79 Å². The fraction of sp³-hybridized carbons (Fsp3) is 0.571. The van der Waals surface area contributed by atoms with Gasteiger partial charge in [-0.15, -0.1) is 0 Å². The van der Waals surface area contributed by atoms with Crippen LogP contribution in [0.1, 0.15) is 27.7 Å². The number of rotatable bonds is 7. The molecule has 1 radical (unpaired) electrons. The van der Waals surface area contributed by atoms with Crippen molar-refractivity contribution in [2.24, 2.45) is 0 Å². The van der Waals surface area contributed by atoms with Crippen LogP contribution in [-0.2, 0) is 9.39 Å². The lowest BCUT2D eigenvalue weighted by molar-refractivity contribution is -0.0893. The standard InChI is InChI=1S/C14H21BClO4/c1-13(2,17)14(3,4)20-15-11-7-6-10(16)8-12(11)19-9-18-5/h6-8,17H,9H2,1-5H3. The highest BCUT2D eigenvalue weighted by Crippen LogP contribution is 2.25. The predicted molar refractivity (Wildman–Crippen MR) is 80.8 cm³/mol. The Bertz CT molecular complexity index is 443. The molecule has 0 atom stereocenters. The second kappa shape index (κ2) is 6.81. The van der Waals surface area contributed by atoms with Crippen molar-refractivity contribution in [2.45, 2.75) is 38.9 Å². The summed E-state index contributed by atoms with van der Waals surface area (Å²) in [4.78, 5) is 0. The van der Waals surface area contributed by atoms with Gasteiger partial charge in [0.1, 0.15) is 5.75 Å². The zero-order valence-corrected chi connectivity index (χ0v) is 13.3. The summed E-state index contributed by atoms with van der Waals surface area (Å²) in [6, 6.07) is 5.22. The Balaban J connectivity index is 2.82. The van der Waals surface area contributed by atoms with Crippen LogP contribution in [0.2, 0.25) is 5.02 Å². The summed E-state index contributed by atoms with van der Waals surface area (Å²) in [7, 11) is 3.10. The number of aliphatic hydroxyl groups is 1. The highest BCUT2D eigenvalue weighted by atomic mass is 35.5. The van der Waals surface area contributed by atoms with Gasteiger partial charge in [0, 0.05) is 12.1 Å². The molecular formula is C14H21BClO4. The lowest BCUT2D eigenvalue weighted by Gasteiger charge is -2.37. The van der Waals surface area contributed by atoms with E-state index in [0.29, 0.717) is 10.8 Å². The lowest BCUT2D eigenvalue weighted by Crippen LogP contribution is -2.49. The van der Waals surface area contributed by atoms with Crippen molar-refractivity contribution in [3.63, 3.8) is 0 Å². The van der Waals surface area contributed by atoms with E-state index < -0.39 is 11.2 Å². The first-order chi connectivity index (χ1) is 9.17. The summed E-state index contributed by atoms with van der Waals surface area (Å²) in [5.41, 5.74) is -1.00.